The van der Waals surface area contributed by atoms with Gasteiger partial charge < -0.3 is 5.11 Å². The number of hydrogen-bond donors (Lipinski definition) is 2. The molecule has 1 aromatic heterocycles. The molecule has 9 heteroatoms. The Bertz CT molecular complexity index is 1120. The summed E-state index contributed by atoms with van der Waals surface area (Å²) in [5, 5.41) is 10.8. The summed E-state index contributed by atoms with van der Waals surface area (Å²) < 4.78 is 41.7. The van der Waals surface area contributed by atoms with Gasteiger partial charge in [0, 0.05) is 6.42 Å². The molecule has 152 valence electrons. The zero-order valence-electron chi connectivity index (χ0n) is 15.5. The third kappa shape index (κ3) is 4.23. The quantitative estimate of drug-likeness (QED) is 0.636. The molecule has 2 aromatic carbocycles. The van der Waals surface area contributed by atoms with Crippen LogP contribution in [0.4, 0.5) is 23.7 Å². The number of alkyl halides is 3. The molecule has 0 unspecified atom stereocenters. The highest BCUT2D eigenvalue weighted by Gasteiger charge is 2.34. The first kappa shape index (κ1) is 20.4. The summed E-state index contributed by atoms with van der Waals surface area (Å²) in [5.41, 5.74) is -1.82. The number of aryl methyl sites for hydroxylation is 1. The fraction of sp³-hybridized carbons (Fsp3) is 0.250. The van der Waals surface area contributed by atoms with Crippen LogP contribution in [-0.4, -0.2) is 20.8 Å². The zero-order chi connectivity index (χ0) is 21.2. The normalized spacial score (nSPS) is 11.6. The summed E-state index contributed by atoms with van der Waals surface area (Å²) in [6.07, 6.45) is -4.50. The highest BCUT2D eigenvalue weighted by atomic mass is 19.4. The lowest BCUT2D eigenvalue weighted by molar-refractivity contribution is -0.136. The number of amides is 1. The molecule has 1 heterocycles. The van der Waals surface area contributed by atoms with Crippen LogP contribution in [0.25, 0.3) is 16.6 Å². The molecule has 0 saturated carbocycles. The number of nitrogens with zero attached hydrogens (tertiary/aromatic N) is 2. The van der Waals surface area contributed by atoms with Gasteiger partial charge in [0.25, 0.3) is 5.56 Å². The van der Waals surface area contributed by atoms with E-state index in [1.807, 2.05) is 6.92 Å². The van der Waals surface area contributed by atoms with Gasteiger partial charge in [-0.3, -0.25) is 14.7 Å². The van der Waals surface area contributed by atoms with Crippen LogP contribution in [-0.2, 0) is 12.6 Å². The van der Waals surface area contributed by atoms with Crippen LogP contribution in [0.5, 0.6) is 0 Å². The van der Waals surface area contributed by atoms with Crippen LogP contribution in [0.15, 0.2) is 47.3 Å². The number of fused-ring (bicyclic) bond motifs is 1. The monoisotopic (exact) mass is 405 g/mol. The van der Waals surface area contributed by atoms with Crippen LogP contribution in [0, 0.1) is 0 Å². The number of nitrogens with one attached hydrogen (secondary N) is 1. The van der Waals surface area contributed by atoms with Crippen LogP contribution in [0.3, 0.4) is 0 Å². The van der Waals surface area contributed by atoms with E-state index in [1.54, 1.807) is 29.6 Å². The van der Waals surface area contributed by atoms with E-state index in [1.165, 1.54) is 6.07 Å². The van der Waals surface area contributed by atoms with E-state index < -0.39 is 29.1 Å². The lowest BCUT2D eigenvalue weighted by Crippen LogP contribution is -2.25. The Balaban J connectivity index is 2.27. The van der Waals surface area contributed by atoms with E-state index in [0.717, 1.165) is 23.1 Å². The number of aromatic nitrogens is 2. The third-order valence-corrected chi connectivity index (χ3v) is 4.41. The lowest BCUT2D eigenvalue weighted by Gasteiger charge is -2.17. The molecule has 0 aliphatic heterocycles. The van der Waals surface area contributed by atoms with Crippen LogP contribution >= 0.6 is 0 Å². The van der Waals surface area contributed by atoms with Crippen molar-refractivity contribution in [1.29, 1.82) is 0 Å². The molecule has 0 bridgehead atoms. The van der Waals surface area contributed by atoms with E-state index in [2.05, 4.69) is 4.98 Å². The average molecular weight is 405 g/mol. The largest absolute Gasteiger partial charge is 0.465 e. The molecular formula is C20H18F3N3O3. The van der Waals surface area contributed by atoms with Crippen molar-refractivity contribution in [1.82, 2.24) is 9.55 Å². The summed E-state index contributed by atoms with van der Waals surface area (Å²) >= 11 is 0. The minimum Gasteiger partial charge on any atom is -0.465 e. The molecule has 29 heavy (non-hydrogen) atoms. The van der Waals surface area contributed by atoms with Gasteiger partial charge in [0.05, 0.1) is 27.8 Å². The van der Waals surface area contributed by atoms with Crippen molar-refractivity contribution in [3.63, 3.8) is 0 Å². The molecule has 0 aliphatic carbocycles. The third-order valence-electron chi connectivity index (χ3n) is 4.41. The smallest absolute Gasteiger partial charge is 0.418 e. The van der Waals surface area contributed by atoms with Gasteiger partial charge in [-0.05, 0) is 36.8 Å². The molecule has 2 N–H and O–H groups in total. The van der Waals surface area contributed by atoms with E-state index >= 15 is 0 Å². The Morgan fingerprint density at radius 2 is 1.93 bits per heavy atom. The summed E-state index contributed by atoms with van der Waals surface area (Å²) in [6.45, 7) is 1.96. The molecule has 0 atom stereocenters. The van der Waals surface area contributed by atoms with Gasteiger partial charge in [-0.1, -0.05) is 25.5 Å². The first-order valence-corrected chi connectivity index (χ1v) is 8.94. The number of unbranched alkanes of at least 4 members (excludes halogenated alkanes) is 1. The Morgan fingerprint density at radius 1 is 1.21 bits per heavy atom. The first-order chi connectivity index (χ1) is 13.7. The number of para-hydroxylation sites is 1. The van der Waals surface area contributed by atoms with Crippen molar-refractivity contribution in [3.8, 4) is 5.69 Å². The van der Waals surface area contributed by atoms with Crippen molar-refractivity contribution >= 4 is 22.7 Å². The van der Waals surface area contributed by atoms with Gasteiger partial charge in [0.2, 0.25) is 0 Å². The Kier molecular flexibility index (Phi) is 5.58. The molecule has 0 radical (unpaired) electrons. The van der Waals surface area contributed by atoms with Gasteiger partial charge >= 0.3 is 12.3 Å². The highest BCUT2D eigenvalue weighted by molar-refractivity contribution is 5.84. The predicted molar refractivity (Wildman–Crippen MR) is 103 cm³/mol. The van der Waals surface area contributed by atoms with Gasteiger partial charge in [0.1, 0.15) is 5.82 Å². The van der Waals surface area contributed by atoms with E-state index in [-0.39, 0.29) is 11.1 Å². The van der Waals surface area contributed by atoms with Gasteiger partial charge in [-0.2, -0.15) is 13.2 Å². The summed E-state index contributed by atoms with van der Waals surface area (Å²) in [7, 11) is 0. The van der Waals surface area contributed by atoms with Crippen molar-refractivity contribution < 1.29 is 23.1 Å². The Morgan fingerprint density at radius 3 is 2.59 bits per heavy atom. The van der Waals surface area contributed by atoms with Crippen molar-refractivity contribution in [2.24, 2.45) is 0 Å². The predicted octanol–water partition coefficient (Wildman–Crippen LogP) is 4.84. The zero-order valence-corrected chi connectivity index (χ0v) is 15.5. The molecule has 0 spiro atoms. The molecule has 0 saturated heterocycles. The maximum Gasteiger partial charge on any atom is 0.418 e. The fourth-order valence-corrected chi connectivity index (χ4v) is 3.08. The molecule has 3 rings (SSSR count). The lowest BCUT2D eigenvalue weighted by atomic mass is 10.1. The second-order valence-corrected chi connectivity index (χ2v) is 6.45. The van der Waals surface area contributed by atoms with E-state index in [4.69, 9.17) is 5.11 Å². The standard InChI is InChI=1S/C20H18F3N3O3/c1-2-3-8-17-24-15-7-5-4-6-13(15)18(27)26(17)12-9-10-16(25-19(28)29)14(11-12)20(21,22)23/h4-7,9-11,25H,2-3,8H2,1H3,(H,28,29). The van der Waals surface area contributed by atoms with E-state index in [0.29, 0.717) is 24.2 Å². The highest BCUT2D eigenvalue weighted by Crippen LogP contribution is 2.36. The number of benzene rings is 2. The minimum atomic E-state index is -4.81. The number of anilines is 1. The van der Waals surface area contributed by atoms with Crippen molar-refractivity contribution in [3.05, 3.63) is 64.2 Å². The summed E-state index contributed by atoms with van der Waals surface area (Å²) in [5.74, 6) is 0.350. The van der Waals surface area contributed by atoms with Crippen LogP contribution in [0.2, 0.25) is 0 Å². The van der Waals surface area contributed by atoms with Crippen LogP contribution < -0.4 is 10.9 Å². The molecule has 0 fully saturated rings. The molecule has 1 amide bonds. The van der Waals surface area contributed by atoms with Crippen LogP contribution in [0.1, 0.15) is 31.2 Å². The fourth-order valence-electron chi connectivity index (χ4n) is 3.08. The number of carboxylic acid groups (broad SMARTS) is 1. The Hall–Kier alpha value is -3.36. The average Bonchev–Trinajstić information content (AvgIpc) is 2.66. The van der Waals surface area contributed by atoms with Crippen molar-refractivity contribution in [2.75, 3.05) is 5.32 Å². The second-order valence-electron chi connectivity index (χ2n) is 6.45. The minimum absolute atomic E-state index is 0.0254. The number of hydrogen-bond acceptors (Lipinski definition) is 3. The SMILES string of the molecule is CCCCc1nc2ccccc2c(=O)n1-c1ccc(NC(=O)O)c(C(F)(F)F)c1. The maximum atomic E-state index is 13.5. The summed E-state index contributed by atoms with van der Waals surface area (Å²) in [4.78, 5) is 28.4. The topological polar surface area (TPSA) is 84.2 Å². The van der Waals surface area contributed by atoms with E-state index in [9.17, 15) is 22.8 Å². The molecule has 0 aliphatic rings. The number of carbonyl (C=O) groups is 1. The molecular weight excluding hydrogens is 387 g/mol. The maximum absolute atomic E-state index is 13.5. The van der Waals surface area contributed by atoms with Gasteiger partial charge in [-0.25, -0.2) is 9.78 Å². The van der Waals surface area contributed by atoms with Gasteiger partial charge in [-0.15, -0.1) is 0 Å². The van der Waals surface area contributed by atoms with Crippen molar-refractivity contribution in [2.45, 2.75) is 32.4 Å². The molecule has 3 aromatic rings. The Labute approximate surface area is 163 Å². The number of halogens is 3. The molecule has 6 nitrogen and oxygen atoms in total. The second kappa shape index (κ2) is 7.94. The first-order valence-electron chi connectivity index (χ1n) is 8.94. The number of rotatable bonds is 5. The summed E-state index contributed by atoms with van der Waals surface area (Å²) in [6, 6.07) is 9.66. The van der Waals surface area contributed by atoms with Gasteiger partial charge in [0.15, 0.2) is 0 Å².